The second-order valence-corrected chi connectivity index (χ2v) is 6.67. The molecule has 166 valence electrons. The van der Waals surface area contributed by atoms with E-state index in [1.807, 2.05) is 0 Å². The van der Waals surface area contributed by atoms with Gasteiger partial charge in [-0.3, -0.25) is 0 Å². The summed E-state index contributed by atoms with van der Waals surface area (Å²) in [4.78, 5) is 19.7. The molecule has 0 aliphatic carbocycles. The van der Waals surface area contributed by atoms with E-state index >= 15 is 0 Å². The quantitative estimate of drug-likeness (QED) is 0.374. The van der Waals surface area contributed by atoms with Crippen molar-refractivity contribution in [1.29, 1.82) is 0 Å². The molecule has 0 saturated heterocycles. The molecule has 0 fully saturated rings. The number of alkyl halides is 3. The first-order valence-electron chi connectivity index (χ1n) is 9.27. The third kappa shape index (κ3) is 4.77. The third-order valence-corrected chi connectivity index (χ3v) is 4.46. The highest BCUT2D eigenvalue weighted by Crippen LogP contribution is 2.38. The molecule has 0 unspecified atom stereocenters. The minimum absolute atomic E-state index is 0.114. The lowest BCUT2D eigenvalue weighted by atomic mass is 10.1. The highest BCUT2D eigenvalue weighted by Gasteiger charge is 2.31. The molecule has 4 aromatic rings. The summed E-state index contributed by atoms with van der Waals surface area (Å²) < 4.78 is 42.4. The lowest BCUT2D eigenvalue weighted by Gasteiger charge is -2.11. The largest absolute Gasteiger partial charge is 0.573 e. The number of hydrogen-bond donors (Lipinski definition) is 3. The summed E-state index contributed by atoms with van der Waals surface area (Å²) in [5.41, 5.74) is 8.53. The number of benzene rings is 2. The van der Waals surface area contributed by atoms with Crippen molar-refractivity contribution in [2.45, 2.75) is 6.36 Å². The van der Waals surface area contributed by atoms with Gasteiger partial charge >= 0.3 is 12.4 Å². The van der Waals surface area contributed by atoms with E-state index in [2.05, 4.69) is 30.3 Å². The number of urea groups is 1. The maximum Gasteiger partial charge on any atom is 0.573 e. The van der Waals surface area contributed by atoms with Crippen LogP contribution < -0.4 is 21.1 Å². The predicted octanol–water partition coefficient (Wildman–Crippen LogP) is 5.07. The van der Waals surface area contributed by atoms with Crippen LogP contribution >= 0.6 is 0 Å². The molecular formula is C21H14F3N7O2. The van der Waals surface area contributed by atoms with Crippen LogP contribution in [0.15, 0.2) is 61.1 Å². The lowest BCUT2D eigenvalue weighted by molar-refractivity contribution is -0.274. The summed E-state index contributed by atoms with van der Waals surface area (Å²) in [5.74, 6) is -0.239. The van der Waals surface area contributed by atoms with Crippen molar-refractivity contribution < 1.29 is 22.7 Å². The number of aromatic nitrogens is 3. The molecule has 0 saturated carbocycles. The van der Waals surface area contributed by atoms with Gasteiger partial charge in [0.1, 0.15) is 17.6 Å². The highest BCUT2D eigenvalue weighted by molar-refractivity contribution is 6.01. The number of nitrogens with zero attached hydrogens (tertiary/aromatic N) is 4. The number of halogens is 3. The molecule has 12 heteroatoms. The van der Waals surface area contributed by atoms with Gasteiger partial charge in [0, 0.05) is 29.2 Å². The third-order valence-electron chi connectivity index (χ3n) is 4.46. The van der Waals surface area contributed by atoms with Crippen molar-refractivity contribution >= 4 is 34.4 Å². The van der Waals surface area contributed by atoms with E-state index in [0.717, 1.165) is 12.1 Å². The zero-order valence-electron chi connectivity index (χ0n) is 16.6. The first-order valence-corrected chi connectivity index (χ1v) is 9.27. The summed E-state index contributed by atoms with van der Waals surface area (Å²) in [7, 11) is 0. The number of nitrogen functional groups attached to an aromatic ring is 1. The number of carbonyl (C=O) groups excluding carboxylic acids is 1. The zero-order valence-corrected chi connectivity index (χ0v) is 16.6. The molecule has 4 rings (SSSR count). The monoisotopic (exact) mass is 453 g/mol. The van der Waals surface area contributed by atoms with Gasteiger partial charge in [-0.05, 0) is 29.8 Å². The van der Waals surface area contributed by atoms with Crippen LogP contribution in [0.1, 0.15) is 0 Å². The topological polar surface area (TPSA) is 111 Å². The van der Waals surface area contributed by atoms with Crippen LogP contribution in [0, 0.1) is 6.57 Å². The second-order valence-electron chi connectivity index (χ2n) is 6.67. The van der Waals surface area contributed by atoms with E-state index in [-0.39, 0.29) is 11.5 Å². The van der Waals surface area contributed by atoms with Crippen molar-refractivity contribution in [2.75, 3.05) is 16.4 Å². The van der Waals surface area contributed by atoms with Crippen LogP contribution in [0.3, 0.4) is 0 Å². The predicted molar refractivity (Wildman–Crippen MR) is 115 cm³/mol. The molecule has 2 aromatic carbocycles. The van der Waals surface area contributed by atoms with Crippen molar-refractivity contribution in [3.63, 3.8) is 0 Å². The summed E-state index contributed by atoms with van der Waals surface area (Å²) in [6.45, 7) is 7.43. The molecule has 0 spiro atoms. The van der Waals surface area contributed by atoms with Crippen LogP contribution in [0.2, 0.25) is 0 Å². The van der Waals surface area contributed by atoms with Gasteiger partial charge in [-0.25, -0.2) is 19.1 Å². The maximum atomic E-state index is 12.4. The van der Waals surface area contributed by atoms with Crippen molar-refractivity contribution in [1.82, 2.24) is 14.6 Å². The van der Waals surface area contributed by atoms with Crippen LogP contribution in [-0.4, -0.2) is 27.0 Å². The van der Waals surface area contributed by atoms with Gasteiger partial charge in [-0.1, -0.05) is 18.2 Å². The molecule has 4 N–H and O–H groups in total. The van der Waals surface area contributed by atoms with E-state index in [0.29, 0.717) is 28.0 Å². The first-order chi connectivity index (χ1) is 15.7. The van der Waals surface area contributed by atoms with E-state index in [4.69, 9.17) is 12.3 Å². The molecule has 33 heavy (non-hydrogen) atoms. The van der Waals surface area contributed by atoms with Gasteiger partial charge in [0.2, 0.25) is 5.69 Å². The number of hydrogen-bond acceptors (Lipinski definition) is 5. The fourth-order valence-corrected chi connectivity index (χ4v) is 3.18. The zero-order chi connectivity index (χ0) is 23.6. The highest BCUT2D eigenvalue weighted by atomic mass is 19.4. The SMILES string of the molecule is [C-]#[N+]c1cn2ncnc(N)c2c1-c1ccc(NC(=O)Nc2cccc(OC(F)(F)F)c2)cc1. The Hall–Kier alpha value is -4.79. The molecule has 2 aromatic heterocycles. The smallest absolute Gasteiger partial charge is 0.406 e. The molecule has 0 aliphatic heterocycles. The Morgan fingerprint density at radius 2 is 1.85 bits per heavy atom. The molecule has 0 radical (unpaired) electrons. The molecule has 0 aliphatic rings. The van der Waals surface area contributed by atoms with E-state index in [1.54, 1.807) is 30.5 Å². The number of nitrogens with one attached hydrogen (secondary N) is 2. The Labute approximate surface area is 184 Å². The Bertz CT molecular complexity index is 1380. The molecule has 0 atom stereocenters. The van der Waals surface area contributed by atoms with Gasteiger partial charge in [-0.15, -0.1) is 13.2 Å². The first kappa shape index (κ1) is 21.4. The van der Waals surface area contributed by atoms with Gasteiger partial charge in [-0.2, -0.15) is 5.10 Å². The Balaban J connectivity index is 1.50. The minimum Gasteiger partial charge on any atom is -0.406 e. The van der Waals surface area contributed by atoms with Gasteiger partial charge < -0.3 is 21.1 Å². The fourth-order valence-electron chi connectivity index (χ4n) is 3.18. The van der Waals surface area contributed by atoms with Crippen molar-refractivity contribution in [3.8, 4) is 16.9 Å². The normalized spacial score (nSPS) is 11.1. The Morgan fingerprint density at radius 1 is 1.12 bits per heavy atom. The average molecular weight is 453 g/mol. The molecule has 0 bridgehead atoms. The second kappa shape index (κ2) is 8.39. The molecule has 9 nitrogen and oxygen atoms in total. The summed E-state index contributed by atoms with van der Waals surface area (Å²) in [5, 5.41) is 9.08. The number of rotatable bonds is 4. The number of anilines is 3. The van der Waals surface area contributed by atoms with Crippen molar-refractivity contribution in [3.05, 3.63) is 72.5 Å². The van der Waals surface area contributed by atoms with E-state index < -0.39 is 18.1 Å². The van der Waals surface area contributed by atoms with Gasteiger partial charge in [0.25, 0.3) is 0 Å². The number of ether oxygens (including phenoxy) is 1. The van der Waals surface area contributed by atoms with Crippen molar-refractivity contribution in [2.24, 2.45) is 0 Å². The summed E-state index contributed by atoms with van der Waals surface area (Å²) in [6.07, 6.45) is -2.00. The molecule has 2 amide bonds. The number of nitrogens with two attached hydrogens (primary N) is 1. The minimum atomic E-state index is -4.84. The summed E-state index contributed by atoms with van der Waals surface area (Å²) in [6, 6.07) is 10.8. The van der Waals surface area contributed by atoms with E-state index in [9.17, 15) is 18.0 Å². The van der Waals surface area contributed by atoms with E-state index in [1.165, 1.54) is 23.0 Å². The van der Waals surface area contributed by atoms with Gasteiger partial charge in [0.15, 0.2) is 5.82 Å². The number of amides is 2. The molecule has 2 heterocycles. The average Bonchev–Trinajstić information content (AvgIpc) is 3.13. The lowest BCUT2D eigenvalue weighted by Crippen LogP contribution is -2.20. The van der Waals surface area contributed by atoms with Gasteiger partial charge in [0.05, 0.1) is 6.57 Å². The Kier molecular flexibility index (Phi) is 5.45. The standard InChI is InChI=1S/C21H14F3N7O2/c1-26-16-10-31-18(19(25)27-11-28-31)17(16)12-5-7-13(8-6-12)29-20(32)30-14-3-2-4-15(9-14)33-21(22,23)24/h2-11H,(H2,25,27,28)(H2,29,30,32). The fraction of sp³-hybridized carbons (Fsp3) is 0.0476. The number of carbonyl (C=O) groups is 1. The number of fused-ring (bicyclic) bond motifs is 1. The van der Waals surface area contributed by atoms with Crippen LogP contribution in [0.25, 0.3) is 21.5 Å². The maximum absolute atomic E-state index is 12.4. The molecular weight excluding hydrogens is 439 g/mol. The summed E-state index contributed by atoms with van der Waals surface area (Å²) >= 11 is 0. The van der Waals surface area contributed by atoms with Crippen LogP contribution in [0.5, 0.6) is 5.75 Å². The van der Waals surface area contributed by atoms with Crippen LogP contribution in [0.4, 0.5) is 40.8 Å². The Morgan fingerprint density at radius 3 is 2.55 bits per heavy atom. The van der Waals surface area contributed by atoms with Crippen LogP contribution in [-0.2, 0) is 0 Å².